The Morgan fingerprint density at radius 3 is 2.97 bits per heavy atom. The van der Waals surface area contributed by atoms with Gasteiger partial charge < -0.3 is 15.1 Å². The minimum absolute atomic E-state index is 0.243. The van der Waals surface area contributed by atoms with Crippen LogP contribution in [-0.2, 0) is 6.54 Å². The van der Waals surface area contributed by atoms with Crippen molar-refractivity contribution in [1.82, 2.24) is 14.4 Å². The molecule has 0 saturated carbocycles. The van der Waals surface area contributed by atoms with Crippen molar-refractivity contribution < 1.29 is 13.6 Å². The number of amides is 1. The summed E-state index contributed by atoms with van der Waals surface area (Å²) in [6.07, 6.45) is 3.36. The molecule has 0 atom stereocenters. The van der Waals surface area contributed by atoms with Crippen LogP contribution in [-0.4, -0.2) is 20.3 Å². The Morgan fingerprint density at radius 2 is 2.06 bits per heavy atom. The van der Waals surface area contributed by atoms with Gasteiger partial charge in [-0.1, -0.05) is 18.2 Å². The van der Waals surface area contributed by atoms with Gasteiger partial charge in [0.15, 0.2) is 5.58 Å². The van der Waals surface area contributed by atoms with Gasteiger partial charge in [0.25, 0.3) is 11.9 Å². The lowest BCUT2D eigenvalue weighted by Gasteiger charge is -2.11. The van der Waals surface area contributed by atoms with Crippen molar-refractivity contribution in [1.29, 1.82) is 0 Å². The van der Waals surface area contributed by atoms with Crippen molar-refractivity contribution in [2.75, 3.05) is 10.6 Å². The lowest BCUT2D eigenvalue weighted by molar-refractivity contribution is 0.102. The topological polar surface area (TPSA) is 84.5 Å². The average molecular weight is 415 g/mol. The van der Waals surface area contributed by atoms with E-state index in [9.17, 15) is 9.18 Å². The summed E-state index contributed by atoms with van der Waals surface area (Å²) in [7, 11) is 0. The molecule has 0 aliphatic rings. The highest BCUT2D eigenvalue weighted by Gasteiger charge is 2.14. The maximum absolute atomic E-state index is 13.3. The zero-order chi connectivity index (χ0) is 21.4. The zero-order valence-electron chi connectivity index (χ0n) is 16.6. The number of benzene rings is 2. The van der Waals surface area contributed by atoms with Gasteiger partial charge in [-0.3, -0.25) is 9.20 Å². The van der Waals surface area contributed by atoms with Crippen molar-refractivity contribution in [3.05, 3.63) is 89.6 Å². The summed E-state index contributed by atoms with van der Waals surface area (Å²) in [5, 5.41) is 6.06. The lowest BCUT2D eigenvalue weighted by atomic mass is 10.1. The van der Waals surface area contributed by atoms with Crippen molar-refractivity contribution in [3.63, 3.8) is 0 Å². The van der Waals surface area contributed by atoms with Gasteiger partial charge in [0, 0.05) is 24.5 Å². The predicted molar refractivity (Wildman–Crippen MR) is 116 cm³/mol. The maximum Gasteiger partial charge on any atom is 0.295 e. The highest BCUT2D eigenvalue weighted by Crippen LogP contribution is 2.22. The second kappa shape index (κ2) is 7.56. The van der Waals surface area contributed by atoms with Crippen LogP contribution in [0.1, 0.15) is 21.6 Å². The normalized spacial score (nSPS) is 11.2. The second-order valence-corrected chi connectivity index (χ2v) is 7.16. The van der Waals surface area contributed by atoms with E-state index < -0.39 is 0 Å². The summed E-state index contributed by atoms with van der Waals surface area (Å²) in [5.41, 5.74) is 4.68. The number of carbonyl (C=O) groups excluding carboxylic acids is 1. The summed E-state index contributed by atoms with van der Waals surface area (Å²) < 4.78 is 20.7. The molecule has 5 aromatic rings. The minimum Gasteiger partial charge on any atom is -0.424 e. The van der Waals surface area contributed by atoms with Crippen LogP contribution >= 0.6 is 0 Å². The molecule has 5 rings (SSSR count). The van der Waals surface area contributed by atoms with E-state index in [2.05, 4.69) is 20.6 Å². The highest BCUT2D eigenvalue weighted by atomic mass is 19.1. The number of carbonyl (C=O) groups is 1. The van der Waals surface area contributed by atoms with Crippen LogP contribution in [0.25, 0.3) is 16.7 Å². The average Bonchev–Trinajstić information content (AvgIpc) is 3.37. The van der Waals surface area contributed by atoms with E-state index >= 15 is 0 Å². The molecule has 2 aromatic carbocycles. The number of halogens is 1. The number of oxazole rings is 1. The Labute approximate surface area is 176 Å². The third kappa shape index (κ3) is 3.71. The van der Waals surface area contributed by atoms with E-state index in [0.717, 1.165) is 11.1 Å². The Kier molecular flexibility index (Phi) is 4.59. The molecular formula is C23H18FN5O2. The van der Waals surface area contributed by atoms with E-state index in [1.807, 2.05) is 43.3 Å². The first-order chi connectivity index (χ1) is 15.1. The predicted octanol–water partition coefficient (Wildman–Crippen LogP) is 4.79. The van der Waals surface area contributed by atoms with E-state index in [1.54, 1.807) is 22.9 Å². The molecule has 154 valence electrons. The van der Waals surface area contributed by atoms with Crippen LogP contribution < -0.4 is 10.6 Å². The van der Waals surface area contributed by atoms with Gasteiger partial charge in [0.05, 0.1) is 6.20 Å². The minimum atomic E-state index is -0.364. The lowest BCUT2D eigenvalue weighted by Crippen LogP contribution is -2.15. The number of hydrogen-bond donors (Lipinski definition) is 2. The molecular weight excluding hydrogens is 397 g/mol. The third-order valence-corrected chi connectivity index (χ3v) is 4.99. The van der Waals surface area contributed by atoms with Crippen molar-refractivity contribution in [2.24, 2.45) is 0 Å². The molecule has 0 radical (unpaired) electrons. The van der Waals surface area contributed by atoms with E-state index in [0.29, 0.717) is 40.7 Å². The van der Waals surface area contributed by atoms with Crippen LogP contribution in [0, 0.1) is 12.7 Å². The molecule has 0 aliphatic heterocycles. The summed E-state index contributed by atoms with van der Waals surface area (Å²) in [5.74, 6) is -0.606. The monoisotopic (exact) mass is 415 g/mol. The maximum atomic E-state index is 13.3. The quantitative estimate of drug-likeness (QED) is 0.431. The SMILES string of the molecule is Cc1ccc(CNc2nc3cc(F)ccc3o2)cc1NC(=O)c1cnc2ccccn12. The molecule has 0 bridgehead atoms. The number of rotatable bonds is 5. The molecule has 31 heavy (non-hydrogen) atoms. The first-order valence-corrected chi connectivity index (χ1v) is 9.70. The van der Waals surface area contributed by atoms with Crippen molar-refractivity contribution >= 4 is 34.4 Å². The molecule has 0 aliphatic carbocycles. The fourth-order valence-electron chi connectivity index (χ4n) is 3.35. The van der Waals surface area contributed by atoms with Crippen LogP contribution in [0.15, 0.2) is 71.4 Å². The van der Waals surface area contributed by atoms with Crippen LogP contribution in [0.2, 0.25) is 0 Å². The molecule has 0 unspecified atom stereocenters. The Bertz CT molecular complexity index is 1420. The van der Waals surface area contributed by atoms with E-state index in [4.69, 9.17) is 4.42 Å². The number of fused-ring (bicyclic) bond motifs is 2. The molecule has 7 nitrogen and oxygen atoms in total. The fourth-order valence-corrected chi connectivity index (χ4v) is 3.35. The van der Waals surface area contributed by atoms with Gasteiger partial charge >= 0.3 is 0 Å². The van der Waals surface area contributed by atoms with Crippen LogP contribution in [0.4, 0.5) is 16.1 Å². The van der Waals surface area contributed by atoms with Crippen LogP contribution in [0.5, 0.6) is 0 Å². The number of nitrogens with zero attached hydrogens (tertiary/aromatic N) is 3. The van der Waals surface area contributed by atoms with Gasteiger partial charge in [-0.2, -0.15) is 4.98 Å². The first-order valence-electron chi connectivity index (χ1n) is 9.70. The molecule has 0 spiro atoms. The highest BCUT2D eigenvalue weighted by molar-refractivity contribution is 6.03. The number of aromatic nitrogens is 3. The van der Waals surface area contributed by atoms with E-state index in [-0.39, 0.29) is 11.7 Å². The van der Waals surface area contributed by atoms with Gasteiger partial charge in [-0.25, -0.2) is 9.37 Å². The standard InChI is InChI=1S/C23H18FN5O2/c1-14-5-6-15(12-26-23-28-18-11-16(24)7-8-20(18)31-23)10-17(14)27-22(30)19-13-25-21-4-2-3-9-29(19)21/h2-11,13H,12H2,1H3,(H,26,28)(H,27,30). The van der Waals surface area contributed by atoms with Crippen molar-refractivity contribution in [2.45, 2.75) is 13.5 Å². The number of aryl methyl sites for hydroxylation is 1. The van der Waals surface area contributed by atoms with Gasteiger partial charge in [-0.15, -0.1) is 0 Å². The second-order valence-electron chi connectivity index (χ2n) is 7.16. The van der Waals surface area contributed by atoms with Crippen LogP contribution in [0.3, 0.4) is 0 Å². The molecule has 3 heterocycles. The molecule has 1 amide bonds. The molecule has 0 fully saturated rings. The fraction of sp³-hybridized carbons (Fsp3) is 0.0870. The molecule has 2 N–H and O–H groups in total. The third-order valence-electron chi connectivity index (χ3n) is 4.99. The number of imidazole rings is 1. The molecule has 0 saturated heterocycles. The number of nitrogens with one attached hydrogen (secondary N) is 2. The largest absolute Gasteiger partial charge is 0.424 e. The summed E-state index contributed by atoms with van der Waals surface area (Å²) in [6, 6.07) is 15.8. The number of pyridine rings is 1. The zero-order valence-corrected chi connectivity index (χ0v) is 16.6. The summed E-state index contributed by atoms with van der Waals surface area (Å²) in [4.78, 5) is 21.3. The van der Waals surface area contributed by atoms with Gasteiger partial charge in [-0.05, 0) is 48.4 Å². The summed E-state index contributed by atoms with van der Waals surface area (Å²) >= 11 is 0. The molecule has 3 aromatic heterocycles. The Morgan fingerprint density at radius 1 is 1.16 bits per heavy atom. The number of hydrogen-bond acceptors (Lipinski definition) is 5. The summed E-state index contributed by atoms with van der Waals surface area (Å²) in [6.45, 7) is 2.35. The van der Waals surface area contributed by atoms with E-state index in [1.165, 1.54) is 12.1 Å². The van der Waals surface area contributed by atoms with Crippen molar-refractivity contribution in [3.8, 4) is 0 Å². The number of anilines is 2. The first kappa shape index (κ1) is 18.8. The Hall–Kier alpha value is -4.20. The Balaban J connectivity index is 1.33. The van der Waals surface area contributed by atoms with Gasteiger partial charge in [0.1, 0.15) is 22.7 Å². The van der Waals surface area contributed by atoms with Gasteiger partial charge in [0.2, 0.25) is 0 Å². The smallest absolute Gasteiger partial charge is 0.295 e. The molecule has 8 heteroatoms.